The van der Waals surface area contributed by atoms with Crippen LogP contribution in [0.3, 0.4) is 0 Å². The zero-order chi connectivity index (χ0) is 16.9. The molecule has 3 rings (SSSR count). The van der Waals surface area contributed by atoms with Crippen molar-refractivity contribution >= 4 is 30.1 Å². The first-order valence-corrected chi connectivity index (χ1v) is 8.80. The minimum atomic E-state index is -0.407. The maximum atomic E-state index is 12.5. The number of aryl methyl sites for hydroxylation is 1. The molecule has 9 heteroatoms. The fourth-order valence-electron chi connectivity index (χ4n) is 2.56. The lowest BCUT2D eigenvalue weighted by atomic mass is 10.1. The van der Waals surface area contributed by atoms with Gasteiger partial charge in [0, 0.05) is 30.4 Å². The number of amides is 1. The van der Waals surface area contributed by atoms with Gasteiger partial charge in [-0.2, -0.15) is 4.98 Å². The summed E-state index contributed by atoms with van der Waals surface area (Å²) in [4.78, 5) is 17.5. The highest BCUT2D eigenvalue weighted by Gasteiger charge is 2.25. The molecule has 1 aromatic carbocycles. The lowest BCUT2D eigenvalue weighted by Crippen LogP contribution is -2.34. The van der Waals surface area contributed by atoms with Crippen LogP contribution < -0.4 is 10.6 Å². The maximum absolute atomic E-state index is 12.5. The Labute approximate surface area is 156 Å². The van der Waals surface area contributed by atoms with E-state index in [9.17, 15) is 9.90 Å². The fourth-order valence-corrected chi connectivity index (χ4v) is 3.45. The first-order chi connectivity index (χ1) is 11.6. The molecular formula is C16H21ClN4O3S. The Balaban J connectivity index is 0.00000225. The third kappa shape index (κ3) is 5.18. The van der Waals surface area contributed by atoms with E-state index < -0.39 is 6.10 Å². The molecule has 1 fully saturated rings. The second-order valence-electron chi connectivity index (χ2n) is 5.72. The topological polar surface area (TPSA) is 100 Å². The number of thioether (sulfide) groups is 1. The first kappa shape index (κ1) is 19.7. The standard InChI is InChI=1S/C16H20N4O3S.ClH/c1-10-19-15(23-20-10)9-24-14-5-3-2-4-12(14)16(22)18-7-11-6-17-8-13(11)21;/h2-5,11,13,17,21H,6-9H2,1H3,(H,18,22);1H. The number of hydrogen-bond donors (Lipinski definition) is 3. The number of carbonyl (C=O) groups excluding carboxylic acids is 1. The smallest absolute Gasteiger partial charge is 0.252 e. The number of nitrogens with one attached hydrogen (secondary N) is 2. The van der Waals surface area contributed by atoms with E-state index in [4.69, 9.17) is 4.52 Å². The summed E-state index contributed by atoms with van der Waals surface area (Å²) in [6, 6.07) is 7.42. The van der Waals surface area contributed by atoms with Gasteiger partial charge in [-0.25, -0.2) is 0 Å². The minimum absolute atomic E-state index is 0. The predicted octanol–water partition coefficient (Wildman–Crippen LogP) is 1.40. The zero-order valence-corrected chi connectivity index (χ0v) is 15.4. The molecule has 1 aromatic heterocycles. The molecule has 2 unspecified atom stereocenters. The molecule has 0 bridgehead atoms. The molecule has 0 aliphatic carbocycles. The Hall–Kier alpha value is -1.61. The number of rotatable bonds is 6. The van der Waals surface area contributed by atoms with Crippen molar-refractivity contribution in [2.45, 2.75) is 23.7 Å². The second kappa shape index (κ2) is 9.19. The molecule has 2 aromatic rings. The van der Waals surface area contributed by atoms with Gasteiger partial charge in [0.15, 0.2) is 5.82 Å². The van der Waals surface area contributed by atoms with E-state index in [-0.39, 0.29) is 24.2 Å². The van der Waals surface area contributed by atoms with Gasteiger partial charge in [0.05, 0.1) is 17.4 Å². The third-order valence-electron chi connectivity index (χ3n) is 3.88. The van der Waals surface area contributed by atoms with Crippen molar-refractivity contribution in [2.24, 2.45) is 5.92 Å². The monoisotopic (exact) mass is 384 g/mol. The highest BCUT2D eigenvalue weighted by atomic mass is 35.5. The Morgan fingerprint density at radius 1 is 1.44 bits per heavy atom. The maximum Gasteiger partial charge on any atom is 0.252 e. The molecule has 1 saturated heterocycles. The average molecular weight is 385 g/mol. The van der Waals surface area contributed by atoms with Gasteiger partial charge in [0.2, 0.25) is 5.89 Å². The van der Waals surface area contributed by atoms with Gasteiger partial charge < -0.3 is 20.3 Å². The highest BCUT2D eigenvalue weighted by molar-refractivity contribution is 7.98. The van der Waals surface area contributed by atoms with Crippen molar-refractivity contribution in [1.82, 2.24) is 20.8 Å². The van der Waals surface area contributed by atoms with Gasteiger partial charge in [-0.3, -0.25) is 4.79 Å². The molecule has 1 aliphatic heterocycles. The Morgan fingerprint density at radius 2 is 2.24 bits per heavy atom. The molecule has 0 saturated carbocycles. The van der Waals surface area contributed by atoms with Gasteiger partial charge in [-0.15, -0.1) is 24.2 Å². The van der Waals surface area contributed by atoms with Crippen LogP contribution in [0.15, 0.2) is 33.7 Å². The molecule has 25 heavy (non-hydrogen) atoms. The van der Waals surface area contributed by atoms with Crippen LogP contribution in [-0.2, 0) is 5.75 Å². The van der Waals surface area contributed by atoms with Crippen LogP contribution in [0.25, 0.3) is 0 Å². The van der Waals surface area contributed by atoms with Gasteiger partial charge in [-0.1, -0.05) is 17.3 Å². The van der Waals surface area contributed by atoms with Gasteiger partial charge in [-0.05, 0) is 19.1 Å². The van der Waals surface area contributed by atoms with Crippen molar-refractivity contribution in [2.75, 3.05) is 19.6 Å². The van der Waals surface area contributed by atoms with Crippen molar-refractivity contribution in [3.05, 3.63) is 41.5 Å². The first-order valence-electron chi connectivity index (χ1n) is 7.81. The van der Waals surface area contributed by atoms with E-state index in [1.165, 1.54) is 11.8 Å². The molecule has 0 spiro atoms. The van der Waals surface area contributed by atoms with Crippen LogP contribution >= 0.6 is 24.2 Å². The summed E-state index contributed by atoms with van der Waals surface area (Å²) in [5.41, 5.74) is 0.610. The molecule has 1 aliphatic rings. The molecule has 7 nitrogen and oxygen atoms in total. The summed E-state index contributed by atoms with van der Waals surface area (Å²) >= 11 is 1.48. The predicted molar refractivity (Wildman–Crippen MR) is 97.0 cm³/mol. The number of aliphatic hydroxyl groups is 1. The molecule has 0 radical (unpaired) electrons. The van der Waals surface area contributed by atoms with E-state index in [1.807, 2.05) is 18.2 Å². The lowest BCUT2D eigenvalue weighted by molar-refractivity contribution is 0.0924. The number of aromatic nitrogens is 2. The number of carbonyl (C=O) groups is 1. The molecule has 3 N–H and O–H groups in total. The van der Waals surface area contributed by atoms with Gasteiger partial charge in [0.25, 0.3) is 5.91 Å². The summed E-state index contributed by atoms with van der Waals surface area (Å²) in [6.07, 6.45) is -0.407. The van der Waals surface area contributed by atoms with Crippen LogP contribution in [0.4, 0.5) is 0 Å². The van der Waals surface area contributed by atoms with Crippen molar-refractivity contribution in [3.63, 3.8) is 0 Å². The number of nitrogens with zero attached hydrogens (tertiary/aromatic N) is 2. The molecule has 2 heterocycles. The lowest BCUT2D eigenvalue weighted by Gasteiger charge is -2.15. The highest BCUT2D eigenvalue weighted by Crippen LogP contribution is 2.25. The largest absolute Gasteiger partial charge is 0.391 e. The quantitative estimate of drug-likeness (QED) is 0.647. The molecular weight excluding hydrogens is 364 g/mol. The summed E-state index contributed by atoms with van der Waals surface area (Å²) in [5, 5.41) is 19.6. The number of benzene rings is 1. The number of halogens is 1. The van der Waals surface area contributed by atoms with Crippen LogP contribution in [-0.4, -0.2) is 46.9 Å². The second-order valence-corrected chi connectivity index (χ2v) is 6.73. The van der Waals surface area contributed by atoms with Crippen LogP contribution in [0, 0.1) is 12.8 Å². The third-order valence-corrected chi connectivity index (χ3v) is 4.94. The summed E-state index contributed by atoms with van der Waals surface area (Å²) < 4.78 is 5.10. The Bertz CT molecular complexity index is 712. The van der Waals surface area contributed by atoms with E-state index in [0.717, 1.165) is 4.90 Å². The van der Waals surface area contributed by atoms with Crippen LogP contribution in [0.2, 0.25) is 0 Å². The Morgan fingerprint density at radius 3 is 2.92 bits per heavy atom. The van der Waals surface area contributed by atoms with E-state index in [2.05, 4.69) is 20.8 Å². The van der Waals surface area contributed by atoms with Crippen LogP contribution in [0.5, 0.6) is 0 Å². The normalized spacial score (nSPS) is 19.4. The number of β-amino-alcohol motifs (C(OH)–C–C–N with tert-alkyl or cyclic N) is 1. The SMILES string of the molecule is Cc1noc(CSc2ccccc2C(=O)NCC2CNCC2O)n1.Cl. The summed E-state index contributed by atoms with van der Waals surface area (Å²) in [6.45, 7) is 3.52. The van der Waals surface area contributed by atoms with E-state index >= 15 is 0 Å². The van der Waals surface area contributed by atoms with E-state index in [1.54, 1.807) is 13.0 Å². The number of hydrogen-bond acceptors (Lipinski definition) is 7. The molecule has 1 amide bonds. The zero-order valence-electron chi connectivity index (χ0n) is 13.8. The van der Waals surface area contributed by atoms with Gasteiger partial charge >= 0.3 is 0 Å². The van der Waals surface area contributed by atoms with Crippen molar-refractivity contribution in [1.29, 1.82) is 0 Å². The van der Waals surface area contributed by atoms with Crippen molar-refractivity contribution in [3.8, 4) is 0 Å². The van der Waals surface area contributed by atoms with Crippen molar-refractivity contribution < 1.29 is 14.4 Å². The minimum Gasteiger partial charge on any atom is -0.391 e. The summed E-state index contributed by atoms with van der Waals surface area (Å²) in [7, 11) is 0. The average Bonchev–Trinajstić information content (AvgIpc) is 3.19. The van der Waals surface area contributed by atoms with Gasteiger partial charge in [0.1, 0.15) is 0 Å². The summed E-state index contributed by atoms with van der Waals surface area (Å²) in [5.74, 6) is 1.55. The molecule has 136 valence electrons. The van der Waals surface area contributed by atoms with Crippen LogP contribution in [0.1, 0.15) is 22.1 Å². The Kier molecular flexibility index (Phi) is 7.24. The number of aliphatic hydroxyl groups excluding tert-OH is 1. The fraction of sp³-hybridized carbons (Fsp3) is 0.438. The molecule has 2 atom stereocenters. The van der Waals surface area contributed by atoms with E-state index in [0.29, 0.717) is 42.7 Å².